The Hall–Kier alpha value is -1.68. The molecule has 0 radical (unpaired) electrons. The van der Waals surface area contributed by atoms with Crippen LogP contribution in [0.25, 0.3) is 0 Å². The smallest absolute Gasteiger partial charge is 0.147 e. The molecule has 3 rings (SSSR count). The van der Waals surface area contributed by atoms with Crippen LogP contribution in [0.15, 0.2) is 60.7 Å². The second-order valence-electron chi connectivity index (χ2n) is 6.01. The number of morpholine rings is 1. The molecule has 0 saturated carbocycles. The third kappa shape index (κ3) is 5.17. The van der Waals surface area contributed by atoms with Crippen molar-refractivity contribution >= 4 is 18.2 Å². The Morgan fingerprint density at radius 1 is 0.917 bits per heavy atom. The monoisotopic (exact) mass is 345 g/mol. The molecule has 0 N–H and O–H groups in total. The van der Waals surface area contributed by atoms with E-state index in [1.54, 1.807) is 0 Å². The molecule has 0 unspecified atom stereocenters. The lowest BCUT2D eigenvalue weighted by Crippen LogP contribution is -2.39. The minimum Gasteiger partial charge on any atom is -0.379 e. The zero-order chi connectivity index (χ0) is 15.9. The number of ether oxygens (including phenoxy) is 1. The summed E-state index contributed by atoms with van der Waals surface area (Å²) in [6.45, 7) is 3.70. The zero-order valence-electron chi connectivity index (χ0n) is 13.8. The van der Waals surface area contributed by atoms with E-state index in [1.807, 2.05) is 36.4 Å². The van der Waals surface area contributed by atoms with Crippen LogP contribution in [0.2, 0.25) is 0 Å². The molecular formula is C20H24ClNO2. The Balaban J connectivity index is 0.00000208. The van der Waals surface area contributed by atoms with Gasteiger partial charge in [0, 0.05) is 25.4 Å². The Morgan fingerprint density at radius 3 is 1.92 bits per heavy atom. The normalized spacial score (nSPS) is 15.0. The molecule has 2 aromatic rings. The van der Waals surface area contributed by atoms with Gasteiger partial charge in [-0.1, -0.05) is 60.7 Å². The van der Waals surface area contributed by atoms with Crippen LogP contribution in [0.5, 0.6) is 0 Å². The Kier molecular flexibility index (Phi) is 7.44. The van der Waals surface area contributed by atoms with Crippen molar-refractivity contribution < 1.29 is 9.53 Å². The first-order valence-electron chi connectivity index (χ1n) is 8.24. The van der Waals surface area contributed by atoms with Crippen molar-refractivity contribution in [2.45, 2.75) is 12.3 Å². The molecule has 0 aromatic heterocycles. The van der Waals surface area contributed by atoms with Gasteiger partial charge in [0.05, 0.1) is 19.8 Å². The number of nitrogens with zero attached hydrogens (tertiary/aromatic N) is 1. The summed E-state index contributed by atoms with van der Waals surface area (Å²) >= 11 is 0. The standard InChI is InChI=1S/C20H23NO2.ClH/c22-19(16-21-11-13-23-14-12-21)15-20(17-7-3-1-4-8-17)18-9-5-2-6-10-18;/h1-10,20H,11-16H2;1H. The van der Waals surface area contributed by atoms with Crippen molar-refractivity contribution in [2.24, 2.45) is 0 Å². The first-order valence-corrected chi connectivity index (χ1v) is 8.24. The predicted octanol–water partition coefficient (Wildman–Crippen LogP) is 3.53. The number of halogens is 1. The molecular weight excluding hydrogens is 322 g/mol. The highest BCUT2D eigenvalue weighted by molar-refractivity contribution is 5.85. The van der Waals surface area contributed by atoms with Crippen molar-refractivity contribution in [2.75, 3.05) is 32.8 Å². The molecule has 0 atom stereocenters. The van der Waals surface area contributed by atoms with Gasteiger partial charge in [0.15, 0.2) is 0 Å². The van der Waals surface area contributed by atoms with Crippen molar-refractivity contribution in [3.8, 4) is 0 Å². The van der Waals surface area contributed by atoms with E-state index >= 15 is 0 Å². The number of Topliss-reactive ketones (excluding diaryl/α,β-unsaturated/α-hetero) is 1. The molecule has 1 saturated heterocycles. The van der Waals surface area contributed by atoms with Crippen LogP contribution < -0.4 is 0 Å². The summed E-state index contributed by atoms with van der Waals surface area (Å²) < 4.78 is 5.35. The number of carbonyl (C=O) groups is 1. The van der Waals surface area contributed by atoms with Crippen molar-refractivity contribution in [3.63, 3.8) is 0 Å². The summed E-state index contributed by atoms with van der Waals surface area (Å²) in [5, 5.41) is 0. The molecule has 0 bridgehead atoms. The van der Waals surface area contributed by atoms with Gasteiger partial charge in [-0.3, -0.25) is 9.69 Å². The van der Waals surface area contributed by atoms with E-state index in [0.717, 1.165) is 26.3 Å². The van der Waals surface area contributed by atoms with Crippen LogP contribution >= 0.6 is 12.4 Å². The molecule has 1 aliphatic heterocycles. The molecule has 24 heavy (non-hydrogen) atoms. The number of rotatable bonds is 6. The lowest BCUT2D eigenvalue weighted by atomic mass is 9.87. The van der Waals surface area contributed by atoms with E-state index in [-0.39, 0.29) is 18.3 Å². The van der Waals surface area contributed by atoms with E-state index in [2.05, 4.69) is 29.2 Å². The van der Waals surface area contributed by atoms with Crippen LogP contribution in [-0.4, -0.2) is 43.5 Å². The van der Waals surface area contributed by atoms with Gasteiger partial charge in [0.25, 0.3) is 0 Å². The molecule has 3 nitrogen and oxygen atoms in total. The molecule has 4 heteroatoms. The maximum absolute atomic E-state index is 12.6. The fourth-order valence-electron chi connectivity index (χ4n) is 3.10. The summed E-state index contributed by atoms with van der Waals surface area (Å²) in [7, 11) is 0. The average molecular weight is 346 g/mol. The molecule has 128 valence electrons. The molecule has 0 spiro atoms. The first kappa shape index (κ1) is 18.7. The lowest BCUT2D eigenvalue weighted by molar-refractivity contribution is -0.121. The predicted molar refractivity (Wildman–Crippen MR) is 98.9 cm³/mol. The van der Waals surface area contributed by atoms with Gasteiger partial charge in [0.1, 0.15) is 5.78 Å². The Morgan fingerprint density at radius 2 is 1.42 bits per heavy atom. The van der Waals surface area contributed by atoms with Crippen molar-refractivity contribution in [1.29, 1.82) is 0 Å². The van der Waals surface area contributed by atoms with E-state index < -0.39 is 0 Å². The van der Waals surface area contributed by atoms with E-state index in [1.165, 1.54) is 11.1 Å². The molecule has 1 aliphatic rings. The van der Waals surface area contributed by atoms with Crippen LogP contribution in [0.4, 0.5) is 0 Å². The van der Waals surface area contributed by atoms with Crippen LogP contribution in [0, 0.1) is 0 Å². The second-order valence-corrected chi connectivity index (χ2v) is 6.01. The number of benzene rings is 2. The summed E-state index contributed by atoms with van der Waals surface area (Å²) in [5.41, 5.74) is 2.41. The summed E-state index contributed by atoms with van der Waals surface area (Å²) in [5.74, 6) is 0.426. The van der Waals surface area contributed by atoms with Crippen LogP contribution in [-0.2, 0) is 9.53 Å². The van der Waals surface area contributed by atoms with E-state index in [0.29, 0.717) is 18.7 Å². The largest absolute Gasteiger partial charge is 0.379 e. The Labute approximate surface area is 150 Å². The fraction of sp³-hybridized carbons (Fsp3) is 0.350. The van der Waals surface area contributed by atoms with E-state index in [4.69, 9.17) is 4.74 Å². The van der Waals surface area contributed by atoms with Crippen molar-refractivity contribution in [1.82, 2.24) is 4.90 Å². The van der Waals surface area contributed by atoms with Crippen LogP contribution in [0.3, 0.4) is 0 Å². The quantitative estimate of drug-likeness (QED) is 0.802. The molecule has 1 heterocycles. The van der Waals surface area contributed by atoms with Crippen molar-refractivity contribution in [3.05, 3.63) is 71.8 Å². The average Bonchev–Trinajstić information content (AvgIpc) is 2.62. The summed E-state index contributed by atoms with van der Waals surface area (Å²) in [6.07, 6.45) is 0.547. The molecule has 0 aliphatic carbocycles. The van der Waals surface area contributed by atoms with Gasteiger partial charge in [-0.2, -0.15) is 0 Å². The minimum absolute atomic E-state index is 0. The second kappa shape index (κ2) is 9.58. The summed E-state index contributed by atoms with van der Waals surface area (Å²) in [4.78, 5) is 14.8. The van der Waals surface area contributed by atoms with Gasteiger partial charge < -0.3 is 4.74 Å². The van der Waals surface area contributed by atoms with Gasteiger partial charge in [-0.15, -0.1) is 12.4 Å². The SMILES string of the molecule is Cl.O=C(CC(c1ccccc1)c1ccccc1)CN1CCOCC1. The fourth-order valence-corrected chi connectivity index (χ4v) is 3.10. The highest BCUT2D eigenvalue weighted by atomic mass is 35.5. The third-order valence-electron chi connectivity index (χ3n) is 4.34. The highest BCUT2D eigenvalue weighted by Crippen LogP contribution is 2.28. The molecule has 0 amide bonds. The van der Waals surface area contributed by atoms with Gasteiger partial charge in [0.2, 0.25) is 0 Å². The number of carbonyl (C=O) groups excluding carboxylic acids is 1. The summed E-state index contributed by atoms with van der Waals surface area (Å²) in [6, 6.07) is 20.6. The van der Waals surface area contributed by atoms with Crippen LogP contribution in [0.1, 0.15) is 23.5 Å². The minimum atomic E-state index is 0. The topological polar surface area (TPSA) is 29.5 Å². The number of hydrogen-bond donors (Lipinski definition) is 0. The third-order valence-corrected chi connectivity index (χ3v) is 4.34. The lowest BCUT2D eigenvalue weighted by Gasteiger charge is -2.26. The Bertz CT molecular complexity index is 573. The maximum Gasteiger partial charge on any atom is 0.147 e. The van der Waals surface area contributed by atoms with Gasteiger partial charge in [-0.05, 0) is 11.1 Å². The maximum atomic E-state index is 12.6. The highest BCUT2D eigenvalue weighted by Gasteiger charge is 2.20. The number of hydrogen-bond acceptors (Lipinski definition) is 3. The van der Waals surface area contributed by atoms with Gasteiger partial charge >= 0.3 is 0 Å². The number of ketones is 1. The zero-order valence-corrected chi connectivity index (χ0v) is 14.6. The molecule has 1 fully saturated rings. The molecule has 2 aromatic carbocycles. The van der Waals surface area contributed by atoms with E-state index in [9.17, 15) is 4.79 Å². The first-order chi connectivity index (χ1) is 11.3. The van der Waals surface area contributed by atoms with Gasteiger partial charge in [-0.25, -0.2) is 0 Å².